The van der Waals surface area contributed by atoms with Gasteiger partial charge in [0.25, 0.3) is 0 Å². The first-order chi connectivity index (χ1) is 9.60. The van der Waals surface area contributed by atoms with Crippen molar-refractivity contribution in [2.45, 2.75) is 32.7 Å². The average Bonchev–Trinajstić information content (AvgIpc) is 2.46. The Bertz CT molecular complexity index is 560. The molecule has 2 heteroatoms. The molecule has 0 saturated carbocycles. The molecule has 0 saturated heterocycles. The van der Waals surface area contributed by atoms with Gasteiger partial charge in [-0.15, -0.1) is 0 Å². The summed E-state index contributed by atoms with van der Waals surface area (Å²) in [6, 6.07) is 14.8. The zero-order chi connectivity index (χ0) is 14.5. The molecule has 2 rings (SSSR count). The van der Waals surface area contributed by atoms with E-state index < -0.39 is 0 Å². The molecule has 0 aromatic heterocycles. The molecule has 0 heterocycles. The fourth-order valence-electron chi connectivity index (χ4n) is 2.38. The number of ether oxygens (including phenoxy) is 1. The minimum Gasteiger partial charge on any atom is -0.496 e. The second kappa shape index (κ2) is 6.58. The molecular weight excluding hydrogens is 246 g/mol. The highest BCUT2D eigenvalue weighted by Crippen LogP contribution is 2.27. The molecule has 2 nitrogen and oxygen atoms in total. The summed E-state index contributed by atoms with van der Waals surface area (Å²) >= 11 is 0. The minimum atomic E-state index is 0.00570. The van der Waals surface area contributed by atoms with Gasteiger partial charge in [0, 0.05) is 11.6 Å². The normalized spacial score (nSPS) is 12.2. The summed E-state index contributed by atoms with van der Waals surface area (Å²) in [4.78, 5) is 0. The molecule has 0 spiro atoms. The number of benzene rings is 2. The van der Waals surface area contributed by atoms with Crippen LogP contribution in [0.25, 0.3) is 0 Å². The van der Waals surface area contributed by atoms with Gasteiger partial charge in [0.15, 0.2) is 0 Å². The van der Waals surface area contributed by atoms with Crippen molar-refractivity contribution in [2.24, 2.45) is 5.73 Å². The molecule has 1 unspecified atom stereocenters. The second-order valence-corrected chi connectivity index (χ2v) is 5.38. The molecule has 0 radical (unpaired) electrons. The molecule has 0 amide bonds. The molecular formula is C18H23NO. The Balaban J connectivity index is 2.06. The van der Waals surface area contributed by atoms with E-state index in [0.717, 1.165) is 24.2 Å². The van der Waals surface area contributed by atoms with Gasteiger partial charge < -0.3 is 10.5 Å². The number of nitrogens with two attached hydrogens (primary N) is 1. The van der Waals surface area contributed by atoms with E-state index in [-0.39, 0.29) is 6.04 Å². The Hall–Kier alpha value is -1.80. The number of hydrogen-bond donors (Lipinski definition) is 1. The smallest absolute Gasteiger partial charge is 0.123 e. The highest BCUT2D eigenvalue weighted by Gasteiger charge is 2.12. The van der Waals surface area contributed by atoms with E-state index in [9.17, 15) is 0 Å². The zero-order valence-corrected chi connectivity index (χ0v) is 12.5. The van der Waals surface area contributed by atoms with Crippen molar-refractivity contribution >= 4 is 0 Å². The molecule has 0 aliphatic carbocycles. The third kappa shape index (κ3) is 3.61. The molecule has 2 aromatic rings. The van der Waals surface area contributed by atoms with Gasteiger partial charge in [-0.05, 0) is 38.3 Å². The summed E-state index contributed by atoms with van der Waals surface area (Å²) < 4.78 is 5.41. The quantitative estimate of drug-likeness (QED) is 0.892. The number of hydrogen-bond acceptors (Lipinski definition) is 2. The van der Waals surface area contributed by atoms with Crippen LogP contribution in [0.2, 0.25) is 0 Å². The summed E-state index contributed by atoms with van der Waals surface area (Å²) in [5.41, 5.74) is 11.3. The van der Waals surface area contributed by atoms with Crippen LogP contribution >= 0.6 is 0 Å². The summed E-state index contributed by atoms with van der Waals surface area (Å²) in [5, 5.41) is 0. The Kier molecular flexibility index (Phi) is 4.80. The maximum Gasteiger partial charge on any atom is 0.123 e. The van der Waals surface area contributed by atoms with Crippen LogP contribution in [0.5, 0.6) is 5.75 Å². The molecule has 106 valence electrons. The molecule has 0 fully saturated rings. The van der Waals surface area contributed by atoms with E-state index in [0.29, 0.717) is 0 Å². The van der Waals surface area contributed by atoms with Crippen LogP contribution in [0.1, 0.15) is 34.7 Å². The van der Waals surface area contributed by atoms with Crippen LogP contribution in [-0.4, -0.2) is 7.11 Å². The molecule has 2 N–H and O–H groups in total. The van der Waals surface area contributed by atoms with Gasteiger partial charge in [-0.2, -0.15) is 0 Å². The summed E-state index contributed by atoms with van der Waals surface area (Å²) in [6.07, 6.45) is 1.90. The van der Waals surface area contributed by atoms with Crippen LogP contribution < -0.4 is 10.5 Å². The van der Waals surface area contributed by atoms with Crippen molar-refractivity contribution < 1.29 is 4.74 Å². The highest BCUT2D eigenvalue weighted by atomic mass is 16.5. The van der Waals surface area contributed by atoms with Gasteiger partial charge in [-0.25, -0.2) is 0 Å². The Morgan fingerprint density at radius 2 is 1.65 bits per heavy atom. The van der Waals surface area contributed by atoms with Crippen LogP contribution in [0.3, 0.4) is 0 Å². The fourth-order valence-corrected chi connectivity index (χ4v) is 2.38. The molecule has 0 bridgehead atoms. The zero-order valence-electron chi connectivity index (χ0n) is 12.5. The number of rotatable bonds is 5. The molecule has 20 heavy (non-hydrogen) atoms. The first kappa shape index (κ1) is 14.6. The van der Waals surface area contributed by atoms with Crippen molar-refractivity contribution in [3.05, 3.63) is 64.7 Å². The predicted octanol–water partition coefficient (Wildman–Crippen LogP) is 3.94. The van der Waals surface area contributed by atoms with E-state index >= 15 is 0 Å². The first-order valence-electron chi connectivity index (χ1n) is 7.06. The van der Waals surface area contributed by atoms with Crippen LogP contribution in [0.15, 0.2) is 42.5 Å². The maximum absolute atomic E-state index is 6.34. The van der Waals surface area contributed by atoms with Crippen LogP contribution in [0, 0.1) is 13.8 Å². The SMILES string of the molecule is COc1ccc(C)cc1C(N)CCc1ccc(C)cc1. The standard InChI is InChI=1S/C18H23NO/c1-13-4-7-15(8-5-13)9-10-17(19)16-12-14(2)6-11-18(16)20-3/h4-8,11-12,17H,9-10,19H2,1-3H3. The second-order valence-electron chi connectivity index (χ2n) is 5.38. The molecule has 1 atom stereocenters. The molecule has 0 aliphatic heterocycles. The van der Waals surface area contributed by atoms with E-state index in [2.05, 4.69) is 50.2 Å². The Morgan fingerprint density at radius 1 is 1.00 bits per heavy atom. The van der Waals surface area contributed by atoms with Gasteiger partial charge in [0.1, 0.15) is 5.75 Å². The van der Waals surface area contributed by atoms with Crippen LogP contribution in [0.4, 0.5) is 0 Å². The van der Waals surface area contributed by atoms with Crippen molar-refractivity contribution in [2.75, 3.05) is 7.11 Å². The average molecular weight is 269 g/mol. The summed E-state index contributed by atoms with van der Waals surface area (Å²) in [6.45, 7) is 4.18. The van der Waals surface area contributed by atoms with Gasteiger partial charge >= 0.3 is 0 Å². The minimum absolute atomic E-state index is 0.00570. The van der Waals surface area contributed by atoms with E-state index in [1.165, 1.54) is 16.7 Å². The lowest BCUT2D eigenvalue weighted by Crippen LogP contribution is -2.13. The predicted molar refractivity (Wildman–Crippen MR) is 84.2 cm³/mol. The molecule has 0 aliphatic rings. The molecule has 2 aromatic carbocycles. The third-order valence-corrected chi connectivity index (χ3v) is 3.65. The third-order valence-electron chi connectivity index (χ3n) is 3.65. The maximum atomic E-state index is 6.34. The fraction of sp³-hybridized carbons (Fsp3) is 0.333. The van der Waals surface area contributed by atoms with Gasteiger partial charge in [0.05, 0.1) is 7.11 Å². The van der Waals surface area contributed by atoms with Crippen molar-refractivity contribution in [3.63, 3.8) is 0 Å². The Labute approximate surface area is 121 Å². The lowest BCUT2D eigenvalue weighted by molar-refractivity contribution is 0.404. The largest absolute Gasteiger partial charge is 0.496 e. The van der Waals surface area contributed by atoms with E-state index in [1.807, 2.05) is 6.07 Å². The summed E-state index contributed by atoms with van der Waals surface area (Å²) in [5.74, 6) is 0.881. The van der Waals surface area contributed by atoms with Crippen molar-refractivity contribution in [3.8, 4) is 5.75 Å². The van der Waals surface area contributed by atoms with E-state index in [4.69, 9.17) is 10.5 Å². The highest BCUT2D eigenvalue weighted by molar-refractivity contribution is 5.39. The van der Waals surface area contributed by atoms with Gasteiger partial charge in [0.2, 0.25) is 0 Å². The monoisotopic (exact) mass is 269 g/mol. The summed E-state index contributed by atoms with van der Waals surface area (Å²) in [7, 11) is 1.70. The first-order valence-corrected chi connectivity index (χ1v) is 7.06. The van der Waals surface area contributed by atoms with Gasteiger partial charge in [-0.1, -0.05) is 47.5 Å². The van der Waals surface area contributed by atoms with Crippen molar-refractivity contribution in [1.29, 1.82) is 0 Å². The van der Waals surface area contributed by atoms with Crippen molar-refractivity contribution in [1.82, 2.24) is 0 Å². The Morgan fingerprint density at radius 3 is 2.30 bits per heavy atom. The van der Waals surface area contributed by atoms with Gasteiger partial charge in [-0.3, -0.25) is 0 Å². The number of aryl methyl sites for hydroxylation is 3. The lowest BCUT2D eigenvalue weighted by atomic mass is 9.97. The van der Waals surface area contributed by atoms with Crippen LogP contribution in [-0.2, 0) is 6.42 Å². The number of methoxy groups -OCH3 is 1. The van der Waals surface area contributed by atoms with E-state index in [1.54, 1.807) is 7.11 Å². The lowest BCUT2D eigenvalue weighted by Gasteiger charge is -2.16. The topological polar surface area (TPSA) is 35.2 Å².